The van der Waals surface area contributed by atoms with Crippen LogP contribution in [0.4, 0.5) is 4.39 Å². The molecule has 0 saturated heterocycles. The van der Waals surface area contributed by atoms with E-state index in [0.717, 1.165) is 6.26 Å². The first-order valence-electron chi connectivity index (χ1n) is 8.55. The highest BCUT2D eigenvalue weighted by Gasteiger charge is 2.19. The topological polar surface area (TPSA) is 78.3 Å². The van der Waals surface area contributed by atoms with Crippen LogP contribution in [0.5, 0.6) is 0 Å². The number of rotatable bonds is 5. The Balaban J connectivity index is 2.15. The minimum atomic E-state index is -3.34. The molecule has 1 aromatic heterocycles. The molecule has 28 heavy (non-hydrogen) atoms. The molecular weight excluding hydrogens is 383 g/mol. The summed E-state index contributed by atoms with van der Waals surface area (Å²) >= 11 is 0. The highest BCUT2D eigenvalue weighted by Crippen LogP contribution is 2.26. The van der Waals surface area contributed by atoms with Gasteiger partial charge in [-0.2, -0.15) is 5.10 Å². The highest BCUT2D eigenvalue weighted by atomic mass is 32.2. The lowest BCUT2D eigenvalue weighted by Gasteiger charge is -2.09. The van der Waals surface area contributed by atoms with Crippen molar-refractivity contribution in [3.05, 3.63) is 65.6 Å². The first-order chi connectivity index (χ1) is 13.2. The van der Waals surface area contributed by atoms with Gasteiger partial charge in [-0.3, -0.25) is 0 Å². The summed E-state index contributed by atoms with van der Waals surface area (Å²) in [7, 11) is -3.34. The van der Waals surface area contributed by atoms with Crippen molar-refractivity contribution in [3.63, 3.8) is 0 Å². The second-order valence-electron chi connectivity index (χ2n) is 6.28. The van der Waals surface area contributed by atoms with Gasteiger partial charge in [0.15, 0.2) is 15.5 Å². The molecule has 6 nitrogen and oxygen atoms in total. The molecule has 3 aromatic rings. The third-order valence-corrected chi connectivity index (χ3v) is 5.30. The Morgan fingerprint density at radius 1 is 1.14 bits per heavy atom. The lowest BCUT2D eigenvalue weighted by Crippen LogP contribution is -2.07. The number of halogens is 1. The summed E-state index contributed by atoms with van der Waals surface area (Å²) in [5.74, 6) is -0.994. The Morgan fingerprint density at radius 2 is 1.82 bits per heavy atom. The molecule has 1 heterocycles. The molecule has 0 radical (unpaired) electrons. The number of sulfone groups is 1. The molecule has 3 rings (SSSR count). The van der Waals surface area contributed by atoms with Gasteiger partial charge in [-0.25, -0.2) is 22.3 Å². The van der Waals surface area contributed by atoms with E-state index in [1.807, 2.05) is 0 Å². The molecule has 0 aliphatic heterocycles. The maximum Gasteiger partial charge on any atom is 0.358 e. The average Bonchev–Trinajstić information content (AvgIpc) is 3.09. The molecule has 0 unspecified atom stereocenters. The lowest BCUT2D eigenvalue weighted by atomic mass is 10.1. The van der Waals surface area contributed by atoms with Gasteiger partial charge >= 0.3 is 5.97 Å². The fourth-order valence-electron chi connectivity index (χ4n) is 2.67. The van der Waals surface area contributed by atoms with Crippen LogP contribution in [-0.2, 0) is 14.6 Å². The number of ether oxygens (including phenoxy) is 1. The second-order valence-corrected chi connectivity index (χ2v) is 8.29. The number of nitrogens with zero attached hydrogens (tertiary/aromatic N) is 2. The van der Waals surface area contributed by atoms with E-state index in [2.05, 4.69) is 5.10 Å². The number of esters is 1. The number of carbonyl (C=O) groups excluding carboxylic acids is 1. The molecule has 2 aromatic carbocycles. The molecule has 146 valence electrons. The molecule has 0 aliphatic rings. The van der Waals surface area contributed by atoms with Crippen molar-refractivity contribution in [1.29, 1.82) is 0 Å². The van der Waals surface area contributed by atoms with Crippen LogP contribution in [0.3, 0.4) is 0 Å². The van der Waals surface area contributed by atoms with E-state index < -0.39 is 21.6 Å². The third kappa shape index (κ3) is 3.96. The van der Waals surface area contributed by atoms with Crippen LogP contribution in [0.2, 0.25) is 0 Å². The first kappa shape index (κ1) is 19.8. The van der Waals surface area contributed by atoms with Crippen LogP contribution in [0.15, 0.2) is 53.4 Å². The van der Waals surface area contributed by atoms with Gasteiger partial charge in [-0.05, 0) is 49.7 Å². The van der Waals surface area contributed by atoms with Crippen molar-refractivity contribution in [3.8, 4) is 16.9 Å². The standard InChI is InChI=1S/C20H19FN2O4S/c1-4-27-20(24)18-12-19(14-6-9-16(10-7-14)28(3,25)26)23(22-18)15-8-5-13(2)17(21)11-15/h5-12H,4H2,1-3H3. The fraction of sp³-hybridized carbons (Fsp3) is 0.200. The summed E-state index contributed by atoms with van der Waals surface area (Å²) < 4.78 is 43.9. The summed E-state index contributed by atoms with van der Waals surface area (Å²) in [5, 5.41) is 4.27. The van der Waals surface area contributed by atoms with E-state index in [9.17, 15) is 17.6 Å². The molecular formula is C20H19FN2O4S. The molecule has 0 spiro atoms. The fourth-order valence-corrected chi connectivity index (χ4v) is 3.31. The van der Waals surface area contributed by atoms with Gasteiger partial charge in [-0.15, -0.1) is 0 Å². The Hall–Kier alpha value is -3.00. The molecule has 0 fully saturated rings. The van der Waals surface area contributed by atoms with E-state index >= 15 is 0 Å². The van der Waals surface area contributed by atoms with Crippen molar-refractivity contribution in [2.75, 3.05) is 12.9 Å². The zero-order valence-corrected chi connectivity index (χ0v) is 16.5. The molecule has 8 heteroatoms. The smallest absolute Gasteiger partial charge is 0.358 e. The minimum absolute atomic E-state index is 0.0741. The molecule has 0 N–H and O–H groups in total. The summed E-state index contributed by atoms with van der Waals surface area (Å²) in [4.78, 5) is 12.3. The van der Waals surface area contributed by atoms with Crippen LogP contribution in [0.1, 0.15) is 23.0 Å². The predicted molar refractivity (Wildman–Crippen MR) is 103 cm³/mol. The van der Waals surface area contributed by atoms with Gasteiger partial charge in [0, 0.05) is 11.8 Å². The Labute approximate surface area is 162 Å². The minimum Gasteiger partial charge on any atom is -0.461 e. The quantitative estimate of drug-likeness (QED) is 0.610. The van der Waals surface area contributed by atoms with Crippen molar-refractivity contribution in [2.45, 2.75) is 18.7 Å². The van der Waals surface area contributed by atoms with Crippen LogP contribution in [0, 0.1) is 12.7 Å². The monoisotopic (exact) mass is 402 g/mol. The van der Waals surface area contributed by atoms with Gasteiger partial charge in [-0.1, -0.05) is 18.2 Å². The van der Waals surface area contributed by atoms with Crippen LogP contribution < -0.4 is 0 Å². The van der Waals surface area contributed by atoms with Crippen LogP contribution in [0.25, 0.3) is 16.9 Å². The number of aryl methyl sites for hydroxylation is 1. The van der Waals surface area contributed by atoms with Gasteiger partial charge in [0.05, 0.1) is 22.9 Å². The van der Waals surface area contributed by atoms with Crippen LogP contribution >= 0.6 is 0 Å². The Bertz CT molecular complexity index is 1140. The maximum absolute atomic E-state index is 14.1. The normalized spacial score (nSPS) is 11.4. The second kappa shape index (κ2) is 7.55. The average molecular weight is 402 g/mol. The van der Waals surface area contributed by atoms with Crippen molar-refractivity contribution in [2.24, 2.45) is 0 Å². The largest absolute Gasteiger partial charge is 0.461 e. The number of hydrogen-bond acceptors (Lipinski definition) is 5. The van der Waals surface area contributed by atoms with Gasteiger partial charge in [0.25, 0.3) is 0 Å². The van der Waals surface area contributed by atoms with Crippen LogP contribution in [-0.4, -0.2) is 37.0 Å². The van der Waals surface area contributed by atoms with Gasteiger partial charge in [0.2, 0.25) is 0 Å². The lowest BCUT2D eigenvalue weighted by molar-refractivity contribution is 0.0519. The highest BCUT2D eigenvalue weighted by molar-refractivity contribution is 7.90. The first-order valence-corrected chi connectivity index (χ1v) is 10.4. The zero-order chi connectivity index (χ0) is 20.5. The van der Waals surface area contributed by atoms with E-state index in [0.29, 0.717) is 22.5 Å². The predicted octanol–water partition coefficient (Wildman–Crippen LogP) is 3.57. The maximum atomic E-state index is 14.1. The third-order valence-electron chi connectivity index (χ3n) is 4.17. The summed E-state index contributed by atoms with van der Waals surface area (Å²) in [6, 6.07) is 12.3. The molecule has 0 atom stereocenters. The van der Waals surface area contributed by atoms with Crippen molar-refractivity contribution in [1.82, 2.24) is 9.78 Å². The summed E-state index contributed by atoms with van der Waals surface area (Å²) in [6.45, 7) is 3.54. The number of carbonyl (C=O) groups is 1. The van der Waals surface area contributed by atoms with Crippen molar-refractivity contribution >= 4 is 15.8 Å². The van der Waals surface area contributed by atoms with Gasteiger partial charge < -0.3 is 4.74 Å². The molecule has 0 bridgehead atoms. The molecule has 0 amide bonds. The van der Waals surface area contributed by atoms with Gasteiger partial charge in [0.1, 0.15) is 5.82 Å². The number of benzene rings is 2. The Kier molecular flexibility index (Phi) is 5.33. The summed E-state index contributed by atoms with van der Waals surface area (Å²) in [5.41, 5.74) is 2.12. The number of hydrogen-bond donors (Lipinski definition) is 0. The number of aromatic nitrogens is 2. The van der Waals surface area contributed by atoms with Crippen molar-refractivity contribution < 1.29 is 22.3 Å². The van der Waals surface area contributed by atoms with E-state index in [-0.39, 0.29) is 17.2 Å². The van der Waals surface area contributed by atoms with E-state index in [1.165, 1.54) is 28.9 Å². The molecule has 0 aliphatic carbocycles. The summed E-state index contributed by atoms with van der Waals surface area (Å²) in [6.07, 6.45) is 1.13. The van der Waals surface area contributed by atoms with E-state index in [4.69, 9.17) is 4.74 Å². The SMILES string of the molecule is CCOC(=O)c1cc(-c2ccc(S(C)(=O)=O)cc2)n(-c2ccc(C)c(F)c2)n1. The zero-order valence-electron chi connectivity index (χ0n) is 15.6. The van der Waals surface area contributed by atoms with E-state index in [1.54, 1.807) is 38.1 Å². The Morgan fingerprint density at radius 3 is 2.39 bits per heavy atom. The molecule has 0 saturated carbocycles.